The van der Waals surface area contributed by atoms with E-state index >= 15 is 0 Å². The summed E-state index contributed by atoms with van der Waals surface area (Å²) in [7, 11) is 1.63. The molecule has 1 aromatic heterocycles. The molecule has 0 aromatic carbocycles. The van der Waals surface area contributed by atoms with Crippen LogP contribution in [0.25, 0.3) is 0 Å². The van der Waals surface area contributed by atoms with Crippen molar-refractivity contribution >= 4 is 0 Å². The quantitative estimate of drug-likeness (QED) is 0.696. The average molecular weight is 253 g/mol. The summed E-state index contributed by atoms with van der Waals surface area (Å²) in [4.78, 5) is 11.8. The molecular weight excluding hydrogens is 234 g/mol. The Balaban J connectivity index is 1.94. The Morgan fingerprint density at radius 2 is 2.33 bits per heavy atom. The number of methoxy groups -OCH3 is 1. The lowest BCUT2D eigenvalue weighted by atomic mass is 10.1. The van der Waals surface area contributed by atoms with E-state index in [9.17, 15) is 4.79 Å². The van der Waals surface area contributed by atoms with Gasteiger partial charge in [-0.3, -0.25) is 4.79 Å². The number of hydrogen-bond donors (Lipinski definition) is 1. The van der Waals surface area contributed by atoms with Crippen LogP contribution in [0, 0.1) is 0 Å². The van der Waals surface area contributed by atoms with Gasteiger partial charge >= 0.3 is 0 Å². The number of nitrogens with zero attached hydrogens (tertiary/aromatic N) is 2. The van der Waals surface area contributed by atoms with Gasteiger partial charge in [-0.2, -0.15) is 5.10 Å². The maximum Gasteiger partial charge on any atom is 0.267 e. The van der Waals surface area contributed by atoms with Crippen LogP contribution in [-0.2, 0) is 29.0 Å². The van der Waals surface area contributed by atoms with Gasteiger partial charge in [0.1, 0.15) is 0 Å². The molecule has 1 aliphatic heterocycles. The van der Waals surface area contributed by atoms with E-state index in [1.807, 2.05) is 0 Å². The van der Waals surface area contributed by atoms with Crippen LogP contribution in [0.1, 0.15) is 11.3 Å². The third-order valence-electron chi connectivity index (χ3n) is 2.90. The monoisotopic (exact) mass is 253 g/mol. The summed E-state index contributed by atoms with van der Waals surface area (Å²) in [6.07, 6.45) is 0.875. The summed E-state index contributed by atoms with van der Waals surface area (Å²) in [6.45, 7) is 3.74. The molecule has 0 amide bonds. The van der Waals surface area contributed by atoms with Gasteiger partial charge in [0, 0.05) is 32.7 Å². The number of ether oxygens (including phenoxy) is 2. The summed E-state index contributed by atoms with van der Waals surface area (Å²) < 4.78 is 11.7. The van der Waals surface area contributed by atoms with Crippen LogP contribution in [-0.4, -0.2) is 43.3 Å². The number of fused-ring (bicyclic) bond motifs is 1. The summed E-state index contributed by atoms with van der Waals surface area (Å²) in [6, 6.07) is 1.67. The highest BCUT2D eigenvalue weighted by atomic mass is 16.5. The van der Waals surface area contributed by atoms with Crippen molar-refractivity contribution in [3.63, 3.8) is 0 Å². The maximum atomic E-state index is 11.8. The van der Waals surface area contributed by atoms with Crippen molar-refractivity contribution in [2.45, 2.75) is 19.5 Å². The minimum atomic E-state index is -0.0622. The Morgan fingerprint density at radius 1 is 1.44 bits per heavy atom. The number of rotatable bonds is 6. The van der Waals surface area contributed by atoms with Gasteiger partial charge in [0.15, 0.2) is 0 Å². The van der Waals surface area contributed by atoms with E-state index in [1.165, 1.54) is 4.68 Å². The molecule has 100 valence electrons. The van der Waals surface area contributed by atoms with Crippen molar-refractivity contribution in [2.75, 3.05) is 33.5 Å². The Labute approximate surface area is 106 Å². The summed E-state index contributed by atoms with van der Waals surface area (Å²) in [5.74, 6) is 0. The van der Waals surface area contributed by atoms with Gasteiger partial charge in [-0.15, -0.1) is 0 Å². The molecule has 1 N–H and O–H groups in total. The summed E-state index contributed by atoms with van der Waals surface area (Å²) >= 11 is 0. The van der Waals surface area contributed by atoms with E-state index in [4.69, 9.17) is 9.47 Å². The second-order valence-electron chi connectivity index (χ2n) is 4.21. The van der Waals surface area contributed by atoms with Gasteiger partial charge in [-0.1, -0.05) is 0 Å². The minimum absolute atomic E-state index is 0.0622. The molecule has 0 atom stereocenters. The lowest BCUT2D eigenvalue weighted by molar-refractivity contribution is 0.0648. The highest BCUT2D eigenvalue weighted by Crippen LogP contribution is 2.07. The van der Waals surface area contributed by atoms with Crippen molar-refractivity contribution < 1.29 is 9.47 Å². The van der Waals surface area contributed by atoms with E-state index < -0.39 is 0 Å². The zero-order chi connectivity index (χ0) is 12.8. The Hall–Kier alpha value is -1.24. The van der Waals surface area contributed by atoms with E-state index in [0.29, 0.717) is 26.4 Å². The zero-order valence-electron chi connectivity index (χ0n) is 10.6. The smallest absolute Gasteiger partial charge is 0.267 e. The molecule has 6 heteroatoms. The standard InChI is InChI=1S/C12H19N3O3/c1-17-6-7-18-5-4-15-12(16)8-10-9-13-3-2-11(10)14-15/h8,13H,2-7,9H2,1H3. The summed E-state index contributed by atoms with van der Waals surface area (Å²) in [5, 5.41) is 7.61. The fraction of sp³-hybridized carbons (Fsp3) is 0.667. The van der Waals surface area contributed by atoms with Gasteiger partial charge in [-0.05, 0) is 5.56 Å². The molecule has 0 bridgehead atoms. The second-order valence-corrected chi connectivity index (χ2v) is 4.21. The minimum Gasteiger partial charge on any atom is -0.382 e. The third kappa shape index (κ3) is 3.38. The van der Waals surface area contributed by atoms with Gasteiger partial charge in [0.05, 0.1) is 32.1 Å². The lowest BCUT2D eigenvalue weighted by Gasteiger charge is -2.17. The Kier molecular flexibility index (Phi) is 4.86. The average Bonchev–Trinajstić information content (AvgIpc) is 2.39. The van der Waals surface area contributed by atoms with Gasteiger partial charge in [-0.25, -0.2) is 4.68 Å². The molecule has 0 fully saturated rings. The van der Waals surface area contributed by atoms with Crippen molar-refractivity contribution in [3.05, 3.63) is 27.7 Å². The largest absolute Gasteiger partial charge is 0.382 e. The molecule has 18 heavy (non-hydrogen) atoms. The molecule has 6 nitrogen and oxygen atoms in total. The maximum absolute atomic E-state index is 11.8. The molecule has 1 aliphatic rings. The zero-order valence-corrected chi connectivity index (χ0v) is 10.6. The van der Waals surface area contributed by atoms with Crippen LogP contribution in [0.5, 0.6) is 0 Å². The van der Waals surface area contributed by atoms with Crippen LogP contribution in [0.15, 0.2) is 10.9 Å². The van der Waals surface area contributed by atoms with Crippen LogP contribution >= 0.6 is 0 Å². The van der Waals surface area contributed by atoms with Crippen LogP contribution < -0.4 is 10.9 Å². The first-order valence-corrected chi connectivity index (χ1v) is 6.18. The highest BCUT2D eigenvalue weighted by molar-refractivity contribution is 5.20. The predicted molar refractivity (Wildman–Crippen MR) is 66.6 cm³/mol. The molecule has 2 heterocycles. The third-order valence-corrected chi connectivity index (χ3v) is 2.90. The molecule has 1 aromatic rings. The topological polar surface area (TPSA) is 65.4 Å². The molecule has 0 aliphatic carbocycles. The summed E-state index contributed by atoms with van der Waals surface area (Å²) in [5.41, 5.74) is 1.97. The lowest BCUT2D eigenvalue weighted by Crippen LogP contribution is -2.32. The van der Waals surface area contributed by atoms with Crippen LogP contribution in [0.4, 0.5) is 0 Å². The molecule has 2 rings (SSSR count). The van der Waals surface area contributed by atoms with E-state index in [1.54, 1.807) is 13.2 Å². The molecule has 0 spiro atoms. The van der Waals surface area contributed by atoms with Crippen LogP contribution in [0.2, 0.25) is 0 Å². The van der Waals surface area contributed by atoms with Crippen molar-refractivity contribution in [1.82, 2.24) is 15.1 Å². The van der Waals surface area contributed by atoms with E-state index in [-0.39, 0.29) is 5.56 Å². The number of aromatic nitrogens is 2. The number of hydrogen-bond acceptors (Lipinski definition) is 5. The van der Waals surface area contributed by atoms with Crippen molar-refractivity contribution in [2.24, 2.45) is 0 Å². The van der Waals surface area contributed by atoms with Crippen molar-refractivity contribution in [1.29, 1.82) is 0 Å². The molecule has 0 saturated heterocycles. The first kappa shape index (κ1) is 13.2. The highest BCUT2D eigenvalue weighted by Gasteiger charge is 2.12. The van der Waals surface area contributed by atoms with Crippen LogP contribution in [0.3, 0.4) is 0 Å². The Bertz CT molecular complexity index is 445. The second kappa shape index (κ2) is 6.63. The SMILES string of the molecule is COCCOCCn1nc2c(cc1=O)CNCC2. The molecule has 0 saturated carbocycles. The first-order valence-electron chi connectivity index (χ1n) is 6.18. The van der Waals surface area contributed by atoms with E-state index in [2.05, 4.69) is 10.4 Å². The fourth-order valence-electron chi connectivity index (χ4n) is 1.92. The van der Waals surface area contributed by atoms with Gasteiger partial charge < -0.3 is 14.8 Å². The van der Waals surface area contributed by atoms with Gasteiger partial charge in [0.2, 0.25) is 0 Å². The molecular formula is C12H19N3O3. The predicted octanol–water partition coefficient (Wildman–Crippen LogP) is -0.448. The molecule has 0 radical (unpaired) electrons. The fourth-order valence-corrected chi connectivity index (χ4v) is 1.92. The van der Waals surface area contributed by atoms with Crippen molar-refractivity contribution in [3.8, 4) is 0 Å². The first-order chi connectivity index (χ1) is 8.81. The normalized spacial score (nSPS) is 14.5. The van der Waals surface area contributed by atoms with E-state index in [0.717, 1.165) is 30.8 Å². The Morgan fingerprint density at radius 3 is 3.17 bits per heavy atom. The van der Waals surface area contributed by atoms with Gasteiger partial charge in [0.25, 0.3) is 5.56 Å². The molecule has 0 unspecified atom stereocenters. The number of nitrogens with one attached hydrogen (secondary N) is 1.